The Labute approximate surface area is 180 Å². The molecular weight excluding hydrogens is 425 g/mol. The topological polar surface area (TPSA) is 113 Å². The monoisotopic (exact) mass is 444 g/mol. The third-order valence-corrected chi connectivity index (χ3v) is 5.17. The van der Waals surface area contributed by atoms with Crippen LogP contribution in [-0.2, 0) is 6.18 Å². The minimum absolute atomic E-state index is 0.0529. The van der Waals surface area contributed by atoms with E-state index in [-0.39, 0.29) is 29.7 Å². The second-order valence-corrected chi connectivity index (χ2v) is 7.42. The van der Waals surface area contributed by atoms with Gasteiger partial charge in [-0.25, -0.2) is 9.97 Å². The second kappa shape index (κ2) is 8.87. The lowest BCUT2D eigenvalue weighted by atomic mass is 9.95. The van der Waals surface area contributed by atoms with E-state index < -0.39 is 17.6 Å². The highest BCUT2D eigenvalue weighted by Gasteiger charge is 2.34. The fourth-order valence-electron chi connectivity index (χ4n) is 3.33. The predicted octanol–water partition coefficient (Wildman–Crippen LogP) is 3.77. The zero-order valence-electron chi connectivity index (χ0n) is 16.7. The third kappa shape index (κ3) is 4.99. The number of aromatic nitrogens is 4. The largest absolute Gasteiger partial charge is 0.417 e. The number of nitrogens with one attached hydrogen (secondary N) is 2. The number of nitrogens with zero attached hydrogens (tertiary/aromatic N) is 4. The first-order valence-corrected chi connectivity index (χ1v) is 9.84. The summed E-state index contributed by atoms with van der Waals surface area (Å²) in [5.41, 5.74) is 0.591. The molecule has 0 radical (unpaired) electrons. The summed E-state index contributed by atoms with van der Waals surface area (Å²) in [6.07, 6.45) is 2.64. The Morgan fingerprint density at radius 3 is 2.53 bits per heavy atom. The number of amides is 1. The molecule has 4 rings (SSSR count). The van der Waals surface area contributed by atoms with Gasteiger partial charge in [-0.15, -0.1) is 0 Å². The fourth-order valence-corrected chi connectivity index (χ4v) is 3.33. The van der Waals surface area contributed by atoms with E-state index in [1.165, 1.54) is 30.6 Å². The van der Waals surface area contributed by atoms with Crippen LogP contribution in [0.3, 0.4) is 0 Å². The van der Waals surface area contributed by atoms with Crippen molar-refractivity contribution in [2.24, 2.45) is 5.92 Å². The number of halogens is 3. The van der Waals surface area contributed by atoms with Crippen LogP contribution in [0.5, 0.6) is 0 Å². The van der Waals surface area contributed by atoms with Crippen molar-refractivity contribution in [1.82, 2.24) is 20.2 Å². The first-order chi connectivity index (χ1) is 15.3. The predicted molar refractivity (Wildman–Crippen MR) is 109 cm³/mol. The van der Waals surface area contributed by atoms with Gasteiger partial charge in [0, 0.05) is 29.4 Å². The molecule has 3 aromatic heterocycles. The molecular formula is C21H19F3N6O2. The molecule has 1 unspecified atom stereocenters. The van der Waals surface area contributed by atoms with Crippen molar-refractivity contribution in [1.29, 1.82) is 0 Å². The van der Waals surface area contributed by atoms with Gasteiger partial charge in [-0.1, -0.05) is 0 Å². The Kier molecular flexibility index (Phi) is 5.99. The molecule has 8 nitrogen and oxygen atoms in total. The standard InChI is InChI=1S/C21H19F3N6O2/c22-21(23,24)14-3-4-18(26-8-14)30-19-7-13(5-6-25-19)20(32)29-17-10-28-27-9-15(17)16(11-31)12-1-2-12/h3-10,12,16,31H,1-2,11H2,(H,25,26,30)(H,27,29,32). The number of aliphatic hydroxyl groups is 1. The molecule has 1 aliphatic rings. The molecule has 166 valence electrons. The van der Waals surface area contributed by atoms with Gasteiger partial charge in [0.2, 0.25) is 0 Å². The van der Waals surface area contributed by atoms with Crippen molar-refractivity contribution < 1.29 is 23.1 Å². The lowest BCUT2D eigenvalue weighted by molar-refractivity contribution is -0.137. The zero-order valence-corrected chi connectivity index (χ0v) is 16.7. The SMILES string of the molecule is O=C(Nc1cnncc1C(CO)C1CC1)c1ccnc(Nc2ccc(C(F)(F)F)cn2)c1. The Morgan fingerprint density at radius 1 is 1.09 bits per heavy atom. The molecule has 0 aliphatic heterocycles. The van der Waals surface area contributed by atoms with Gasteiger partial charge in [-0.05, 0) is 43.0 Å². The summed E-state index contributed by atoms with van der Waals surface area (Å²) in [6.45, 7) is -0.0529. The fraction of sp³-hybridized carbons (Fsp3) is 0.286. The first kappa shape index (κ1) is 21.6. The number of rotatable bonds is 7. The summed E-state index contributed by atoms with van der Waals surface area (Å²) < 4.78 is 38.0. The summed E-state index contributed by atoms with van der Waals surface area (Å²) in [4.78, 5) is 20.6. The van der Waals surface area contributed by atoms with E-state index in [1.807, 2.05) is 0 Å². The van der Waals surface area contributed by atoms with Crippen molar-refractivity contribution in [3.63, 3.8) is 0 Å². The number of carbonyl (C=O) groups excluding carboxylic acids is 1. The summed E-state index contributed by atoms with van der Waals surface area (Å²) in [5.74, 6) is 0.190. The smallest absolute Gasteiger partial charge is 0.396 e. The minimum Gasteiger partial charge on any atom is -0.396 e. The Hall–Kier alpha value is -3.60. The quantitative estimate of drug-likeness (QED) is 0.508. The maximum Gasteiger partial charge on any atom is 0.417 e. The number of aliphatic hydroxyl groups excluding tert-OH is 1. The second-order valence-electron chi connectivity index (χ2n) is 7.42. The van der Waals surface area contributed by atoms with Crippen LogP contribution in [-0.4, -0.2) is 37.8 Å². The zero-order chi connectivity index (χ0) is 22.7. The number of anilines is 3. The highest BCUT2D eigenvalue weighted by atomic mass is 19.4. The minimum atomic E-state index is -4.48. The number of hydrogen-bond donors (Lipinski definition) is 3. The van der Waals surface area contributed by atoms with Crippen molar-refractivity contribution in [2.45, 2.75) is 24.9 Å². The van der Waals surface area contributed by atoms with Gasteiger partial charge in [-0.2, -0.15) is 23.4 Å². The van der Waals surface area contributed by atoms with Gasteiger partial charge in [-0.3, -0.25) is 4.79 Å². The summed E-state index contributed by atoms with van der Waals surface area (Å²) in [7, 11) is 0. The Bertz CT molecular complexity index is 1100. The first-order valence-electron chi connectivity index (χ1n) is 9.84. The molecule has 3 aromatic rings. The highest BCUT2D eigenvalue weighted by molar-refractivity contribution is 6.05. The van der Waals surface area contributed by atoms with Crippen LogP contribution in [0.15, 0.2) is 49.1 Å². The number of carbonyl (C=O) groups is 1. The normalized spacial score (nSPS) is 14.6. The van der Waals surface area contributed by atoms with Gasteiger partial charge in [0.25, 0.3) is 5.91 Å². The summed E-state index contributed by atoms with van der Waals surface area (Å²) in [6, 6.07) is 5.03. The van der Waals surface area contributed by atoms with Crippen LogP contribution in [0.25, 0.3) is 0 Å². The molecule has 1 atom stereocenters. The van der Waals surface area contributed by atoms with Gasteiger partial charge in [0.15, 0.2) is 0 Å². The average Bonchev–Trinajstić information content (AvgIpc) is 3.61. The molecule has 0 bridgehead atoms. The van der Waals surface area contributed by atoms with Gasteiger partial charge in [0.05, 0.1) is 30.3 Å². The molecule has 11 heteroatoms. The molecule has 3 heterocycles. The van der Waals surface area contributed by atoms with Crippen LogP contribution in [0.1, 0.15) is 40.2 Å². The molecule has 32 heavy (non-hydrogen) atoms. The van der Waals surface area contributed by atoms with E-state index in [2.05, 4.69) is 30.8 Å². The van der Waals surface area contributed by atoms with E-state index in [0.29, 0.717) is 17.8 Å². The van der Waals surface area contributed by atoms with Crippen LogP contribution in [0.2, 0.25) is 0 Å². The molecule has 1 fully saturated rings. The van der Waals surface area contributed by atoms with Crippen molar-refractivity contribution in [3.05, 3.63) is 65.7 Å². The number of hydrogen-bond acceptors (Lipinski definition) is 7. The Morgan fingerprint density at radius 2 is 1.88 bits per heavy atom. The Balaban J connectivity index is 1.49. The van der Waals surface area contributed by atoms with Crippen LogP contribution >= 0.6 is 0 Å². The van der Waals surface area contributed by atoms with E-state index in [0.717, 1.165) is 24.5 Å². The van der Waals surface area contributed by atoms with E-state index >= 15 is 0 Å². The molecule has 0 aromatic carbocycles. The van der Waals surface area contributed by atoms with Crippen molar-refractivity contribution >= 4 is 23.2 Å². The number of alkyl halides is 3. The van der Waals surface area contributed by atoms with E-state index in [4.69, 9.17) is 0 Å². The highest BCUT2D eigenvalue weighted by Crippen LogP contribution is 2.44. The summed E-state index contributed by atoms with van der Waals surface area (Å²) in [5, 5.41) is 23.0. The maximum atomic E-state index is 12.8. The molecule has 3 N–H and O–H groups in total. The van der Waals surface area contributed by atoms with Gasteiger partial charge in [0.1, 0.15) is 11.6 Å². The third-order valence-electron chi connectivity index (χ3n) is 5.17. The molecule has 1 saturated carbocycles. The molecule has 1 amide bonds. The summed E-state index contributed by atoms with van der Waals surface area (Å²) >= 11 is 0. The van der Waals surface area contributed by atoms with Crippen LogP contribution in [0.4, 0.5) is 30.5 Å². The van der Waals surface area contributed by atoms with Gasteiger partial charge < -0.3 is 15.7 Å². The lowest BCUT2D eigenvalue weighted by Crippen LogP contribution is -2.17. The number of pyridine rings is 2. The lowest BCUT2D eigenvalue weighted by Gasteiger charge is -2.17. The van der Waals surface area contributed by atoms with Crippen LogP contribution in [0, 0.1) is 5.92 Å². The van der Waals surface area contributed by atoms with Crippen molar-refractivity contribution in [3.8, 4) is 0 Å². The van der Waals surface area contributed by atoms with E-state index in [9.17, 15) is 23.1 Å². The molecule has 0 spiro atoms. The average molecular weight is 444 g/mol. The van der Waals surface area contributed by atoms with E-state index in [1.54, 1.807) is 6.20 Å². The van der Waals surface area contributed by atoms with Crippen molar-refractivity contribution in [2.75, 3.05) is 17.2 Å². The molecule has 0 saturated heterocycles. The molecule has 1 aliphatic carbocycles. The van der Waals surface area contributed by atoms with Crippen LogP contribution < -0.4 is 10.6 Å². The maximum absolute atomic E-state index is 12.8. The van der Waals surface area contributed by atoms with Gasteiger partial charge >= 0.3 is 6.18 Å².